The Bertz CT molecular complexity index is 1130. The van der Waals surface area contributed by atoms with Crippen molar-refractivity contribution < 1.29 is 13.9 Å². The molecule has 30 heavy (non-hydrogen) atoms. The predicted molar refractivity (Wildman–Crippen MR) is 109 cm³/mol. The molecule has 3 aromatic rings. The van der Waals surface area contributed by atoms with Crippen LogP contribution in [0.1, 0.15) is 34.5 Å². The van der Waals surface area contributed by atoms with Gasteiger partial charge >= 0.3 is 0 Å². The summed E-state index contributed by atoms with van der Waals surface area (Å²) in [6, 6.07) is 4.11. The zero-order valence-electron chi connectivity index (χ0n) is 16.5. The quantitative estimate of drug-likeness (QED) is 0.640. The lowest BCUT2D eigenvalue weighted by Crippen LogP contribution is -2.36. The Hall–Kier alpha value is -2.71. The highest BCUT2D eigenvalue weighted by atomic mass is 35.5. The number of piperidine rings is 1. The molecule has 0 bridgehead atoms. The van der Waals surface area contributed by atoms with E-state index in [4.69, 9.17) is 16.3 Å². The molecule has 1 fully saturated rings. The van der Waals surface area contributed by atoms with Gasteiger partial charge in [0.1, 0.15) is 17.7 Å². The number of nitrogens with zero attached hydrogens (tertiary/aromatic N) is 5. The van der Waals surface area contributed by atoms with E-state index in [1.54, 1.807) is 21.8 Å². The van der Waals surface area contributed by atoms with Gasteiger partial charge < -0.3 is 14.5 Å². The SMILES string of the molecule is CN1CCC(Oc2cc(F)ccc2C(=O)N2Cc3nn4cc(Cl)cnc4c3C2)CC1. The van der Waals surface area contributed by atoms with Crippen LogP contribution in [0.15, 0.2) is 30.6 Å². The van der Waals surface area contributed by atoms with Crippen molar-refractivity contribution in [3.8, 4) is 5.75 Å². The fraction of sp³-hybridized carbons (Fsp3) is 0.381. The van der Waals surface area contributed by atoms with Crippen LogP contribution in [0.5, 0.6) is 5.75 Å². The Morgan fingerprint density at radius 2 is 2.07 bits per heavy atom. The predicted octanol–water partition coefficient (Wildman–Crippen LogP) is 3.15. The van der Waals surface area contributed by atoms with E-state index in [9.17, 15) is 9.18 Å². The highest BCUT2D eigenvalue weighted by molar-refractivity contribution is 6.30. The standard InChI is InChI=1S/C21H21ClFN5O2/c1-26-6-4-15(5-7-26)30-19-8-14(23)2-3-16(19)21(29)27-11-17-18(12-27)25-28-10-13(22)9-24-20(17)28/h2-3,8-10,15H,4-7,11-12H2,1H3. The van der Waals surface area contributed by atoms with Crippen LogP contribution < -0.4 is 4.74 Å². The summed E-state index contributed by atoms with van der Waals surface area (Å²) in [5.74, 6) is -0.320. The van der Waals surface area contributed by atoms with Crippen molar-refractivity contribution in [2.24, 2.45) is 0 Å². The Morgan fingerprint density at radius 3 is 2.87 bits per heavy atom. The number of carbonyl (C=O) groups excluding carboxylic acids is 1. The molecular formula is C21H21ClFN5O2. The van der Waals surface area contributed by atoms with Gasteiger partial charge in [-0.1, -0.05) is 11.6 Å². The van der Waals surface area contributed by atoms with Crippen molar-refractivity contribution in [3.63, 3.8) is 0 Å². The van der Waals surface area contributed by atoms with Gasteiger partial charge in [0.2, 0.25) is 0 Å². The zero-order valence-corrected chi connectivity index (χ0v) is 17.3. The van der Waals surface area contributed by atoms with E-state index in [1.165, 1.54) is 18.2 Å². The third kappa shape index (κ3) is 3.50. The van der Waals surface area contributed by atoms with E-state index >= 15 is 0 Å². The first-order chi connectivity index (χ1) is 14.5. The number of benzene rings is 1. The number of aromatic nitrogens is 3. The molecule has 7 nitrogen and oxygen atoms in total. The molecule has 156 valence electrons. The topological polar surface area (TPSA) is 63.0 Å². The summed E-state index contributed by atoms with van der Waals surface area (Å²) >= 11 is 5.98. The van der Waals surface area contributed by atoms with Crippen LogP contribution in [0.4, 0.5) is 4.39 Å². The third-order valence-corrected chi connectivity index (χ3v) is 5.92. The molecule has 0 spiro atoms. The number of rotatable bonds is 3. The van der Waals surface area contributed by atoms with E-state index in [2.05, 4.69) is 22.0 Å². The number of likely N-dealkylation sites (tertiary alicyclic amines) is 1. The van der Waals surface area contributed by atoms with Crippen LogP contribution in [0.2, 0.25) is 5.02 Å². The smallest absolute Gasteiger partial charge is 0.258 e. The number of fused-ring (bicyclic) bond motifs is 3. The molecule has 2 aliphatic rings. The molecule has 0 atom stereocenters. The maximum atomic E-state index is 13.9. The van der Waals surface area contributed by atoms with Crippen molar-refractivity contribution in [2.45, 2.75) is 32.0 Å². The summed E-state index contributed by atoms with van der Waals surface area (Å²) in [6.45, 7) is 2.58. The minimum atomic E-state index is -0.419. The van der Waals surface area contributed by atoms with Crippen LogP contribution in [0.3, 0.4) is 0 Å². The second-order valence-electron chi connectivity index (χ2n) is 7.89. The molecule has 1 saturated heterocycles. The third-order valence-electron chi connectivity index (χ3n) is 5.73. The van der Waals surface area contributed by atoms with Crippen LogP contribution in [0.25, 0.3) is 5.65 Å². The van der Waals surface area contributed by atoms with Crippen LogP contribution in [0, 0.1) is 5.82 Å². The van der Waals surface area contributed by atoms with Gasteiger partial charge in [-0.3, -0.25) is 4.79 Å². The van der Waals surface area contributed by atoms with Gasteiger partial charge in [-0.15, -0.1) is 0 Å². The molecule has 0 unspecified atom stereocenters. The summed E-state index contributed by atoms with van der Waals surface area (Å²) in [5, 5.41) is 5.00. The number of ether oxygens (including phenoxy) is 1. The van der Waals surface area contributed by atoms with Gasteiger partial charge in [0.05, 0.1) is 35.6 Å². The fourth-order valence-electron chi connectivity index (χ4n) is 4.09. The molecule has 2 aromatic heterocycles. The zero-order chi connectivity index (χ0) is 20.8. The summed E-state index contributed by atoms with van der Waals surface area (Å²) in [5.41, 5.74) is 2.75. The Labute approximate surface area is 178 Å². The summed E-state index contributed by atoms with van der Waals surface area (Å²) in [7, 11) is 2.07. The van der Waals surface area contributed by atoms with Crippen LogP contribution >= 0.6 is 11.6 Å². The highest BCUT2D eigenvalue weighted by Gasteiger charge is 2.31. The molecule has 9 heteroatoms. The second kappa shape index (κ2) is 7.52. The van der Waals surface area contributed by atoms with E-state index in [-0.39, 0.29) is 12.0 Å². The van der Waals surface area contributed by atoms with E-state index in [0.717, 1.165) is 37.2 Å². The second-order valence-corrected chi connectivity index (χ2v) is 8.32. The number of halogens is 2. The van der Waals surface area contributed by atoms with Crippen molar-refractivity contribution in [1.82, 2.24) is 24.4 Å². The Morgan fingerprint density at radius 1 is 1.27 bits per heavy atom. The van der Waals surface area contributed by atoms with Crippen molar-refractivity contribution in [3.05, 3.63) is 58.3 Å². The van der Waals surface area contributed by atoms with Crippen molar-refractivity contribution in [2.75, 3.05) is 20.1 Å². The molecule has 5 rings (SSSR count). The first kappa shape index (κ1) is 19.3. The molecule has 0 saturated carbocycles. The average molecular weight is 430 g/mol. The van der Waals surface area contributed by atoms with E-state index in [0.29, 0.717) is 35.1 Å². The molecule has 0 radical (unpaired) electrons. The number of carbonyl (C=O) groups is 1. The number of hydrogen-bond acceptors (Lipinski definition) is 5. The van der Waals surface area contributed by atoms with Crippen molar-refractivity contribution >= 4 is 23.2 Å². The van der Waals surface area contributed by atoms with Gasteiger partial charge in [-0.25, -0.2) is 13.9 Å². The molecule has 0 aliphatic carbocycles. The lowest BCUT2D eigenvalue weighted by molar-refractivity contribution is 0.0732. The fourth-order valence-corrected chi connectivity index (χ4v) is 4.23. The average Bonchev–Trinajstić information content (AvgIpc) is 3.27. The molecule has 0 N–H and O–H groups in total. The molecule has 1 amide bonds. The maximum Gasteiger partial charge on any atom is 0.258 e. The largest absolute Gasteiger partial charge is 0.489 e. The lowest BCUT2D eigenvalue weighted by atomic mass is 10.1. The Balaban J connectivity index is 1.38. The molecule has 2 aliphatic heterocycles. The van der Waals surface area contributed by atoms with Crippen molar-refractivity contribution in [1.29, 1.82) is 0 Å². The normalized spacial score (nSPS) is 17.5. The number of amides is 1. The summed E-state index contributed by atoms with van der Waals surface area (Å²) in [4.78, 5) is 21.5. The van der Waals surface area contributed by atoms with E-state index in [1.807, 2.05) is 0 Å². The minimum Gasteiger partial charge on any atom is -0.489 e. The summed E-state index contributed by atoms with van der Waals surface area (Å²) < 4.78 is 21.6. The molecule has 1 aromatic carbocycles. The number of hydrogen-bond donors (Lipinski definition) is 0. The van der Waals surface area contributed by atoms with Gasteiger partial charge in [-0.2, -0.15) is 5.10 Å². The molecular weight excluding hydrogens is 409 g/mol. The molecule has 4 heterocycles. The maximum absolute atomic E-state index is 13.9. The minimum absolute atomic E-state index is 0.0246. The van der Waals surface area contributed by atoms with Crippen LogP contribution in [-0.2, 0) is 13.1 Å². The first-order valence-electron chi connectivity index (χ1n) is 9.93. The lowest BCUT2D eigenvalue weighted by Gasteiger charge is -2.30. The highest BCUT2D eigenvalue weighted by Crippen LogP contribution is 2.31. The van der Waals surface area contributed by atoms with Gasteiger partial charge in [0, 0.05) is 30.9 Å². The van der Waals surface area contributed by atoms with Gasteiger partial charge in [0.25, 0.3) is 5.91 Å². The van der Waals surface area contributed by atoms with E-state index < -0.39 is 5.82 Å². The van der Waals surface area contributed by atoms with Gasteiger partial charge in [0.15, 0.2) is 5.65 Å². The summed E-state index contributed by atoms with van der Waals surface area (Å²) in [6.07, 6.45) is 4.94. The first-order valence-corrected chi connectivity index (χ1v) is 10.3. The monoisotopic (exact) mass is 429 g/mol. The Kier molecular flexibility index (Phi) is 4.83. The van der Waals surface area contributed by atoms with Gasteiger partial charge in [-0.05, 0) is 32.0 Å². The van der Waals surface area contributed by atoms with Crippen LogP contribution in [-0.4, -0.2) is 56.5 Å².